The Labute approximate surface area is 470 Å². The number of unbranched alkanes of at least 4 members (excludes halogenated alkanes) is 44. The zero-order valence-corrected chi connectivity index (χ0v) is 50.0. The monoisotopic (exact) mass is 1070 g/mol. The first kappa shape index (κ1) is 72.4. The highest BCUT2D eigenvalue weighted by atomic mass is 16.7. The van der Waals surface area contributed by atoms with Crippen molar-refractivity contribution in [1.29, 1.82) is 0 Å². The van der Waals surface area contributed by atoms with Crippen molar-refractivity contribution in [3.63, 3.8) is 0 Å². The van der Waals surface area contributed by atoms with E-state index in [9.17, 15) is 30.3 Å². The van der Waals surface area contributed by atoms with Crippen LogP contribution < -0.4 is 5.32 Å². The number of aliphatic hydroxyl groups excluding tert-OH is 5. The molecule has 0 spiro atoms. The second-order valence-corrected chi connectivity index (χ2v) is 23.3. The van der Waals surface area contributed by atoms with Gasteiger partial charge in [0.2, 0.25) is 5.91 Å². The first-order valence-corrected chi connectivity index (χ1v) is 33.2. The molecule has 1 aliphatic heterocycles. The fraction of sp³-hybridized carbons (Fsp3) is 0.896. The van der Waals surface area contributed by atoms with Crippen molar-refractivity contribution < 1.29 is 39.8 Å². The Morgan fingerprint density at radius 3 is 1.11 bits per heavy atom. The Balaban J connectivity index is 2.05. The van der Waals surface area contributed by atoms with Gasteiger partial charge >= 0.3 is 0 Å². The number of rotatable bonds is 58. The van der Waals surface area contributed by atoms with E-state index < -0.39 is 49.5 Å². The molecule has 1 heterocycles. The molecule has 9 heteroatoms. The average Bonchev–Trinajstić information content (AvgIpc) is 3.42. The molecule has 1 rings (SSSR count). The van der Waals surface area contributed by atoms with E-state index in [0.29, 0.717) is 6.42 Å². The van der Waals surface area contributed by atoms with E-state index in [1.165, 1.54) is 257 Å². The largest absolute Gasteiger partial charge is 0.394 e. The van der Waals surface area contributed by atoms with Crippen LogP contribution in [0.4, 0.5) is 0 Å². The molecule has 0 bridgehead atoms. The third kappa shape index (κ3) is 45.2. The lowest BCUT2D eigenvalue weighted by molar-refractivity contribution is -0.302. The van der Waals surface area contributed by atoms with Crippen LogP contribution in [0.3, 0.4) is 0 Å². The summed E-state index contributed by atoms with van der Waals surface area (Å²) < 4.78 is 11.3. The summed E-state index contributed by atoms with van der Waals surface area (Å²) in [6.45, 7) is 3.77. The van der Waals surface area contributed by atoms with Gasteiger partial charge in [0.05, 0.1) is 25.4 Å². The van der Waals surface area contributed by atoms with Crippen molar-refractivity contribution in [2.75, 3.05) is 13.2 Å². The Morgan fingerprint density at radius 2 is 0.750 bits per heavy atom. The number of allylic oxidation sites excluding steroid dienone is 5. The van der Waals surface area contributed by atoms with Crippen molar-refractivity contribution in [3.8, 4) is 0 Å². The van der Waals surface area contributed by atoms with E-state index in [2.05, 4.69) is 43.5 Å². The summed E-state index contributed by atoms with van der Waals surface area (Å²) in [6.07, 6.45) is 68.4. The van der Waals surface area contributed by atoms with E-state index in [4.69, 9.17) is 9.47 Å². The summed E-state index contributed by atoms with van der Waals surface area (Å²) in [5, 5.41) is 54.5. The molecular weight excluding hydrogens is 947 g/mol. The minimum absolute atomic E-state index is 0.185. The van der Waals surface area contributed by atoms with Crippen LogP contribution in [0.5, 0.6) is 0 Å². The molecule has 1 amide bonds. The summed E-state index contributed by atoms with van der Waals surface area (Å²) in [5.74, 6) is -0.185. The SMILES string of the molecule is CCCCCCC/C=C/CC/C=C/CC/C=C/C(O)C(COC1OC(CO)C(O)C(O)C1O)NC(=O)CCCCCCCCCCCCCCCCCCCCCCCCCCCCCCCCCCCCCCCC. The lowest BCUT2D eigenvalue weighted by Gasteiger charge is -2.40. The molecule has 76 heavy (non-hydrogen) atoms. The molecule has 1 aliphatic rings. The zero-order chi connectivity index (χ0) is 55.0. The summed E-state index contributed by atoms with van der Waals surface area (Å²) in [5.41, 5.74) is 0. The standard InChI is InChI=1S/C67H127NO8/c1-3-5-7-9-11-13-15-17-19-20-21-22-23-24-25-26-27-28-29-30-31-32-33-34-35-36-37-38-39-40-41-43-45-47-49-51-53-55-57-63(71)68-60(59-75-67-66(74)65(73)64(72)62(58-69)76-67)61(70)56-54-52-50-48-46-44-42-18-16-14-12-10-8-6-4-2/h16,18,46,48,54,56,60-62,64-67,69-70,72-74H,3-15,17,19-45,47,49-53,55,57-59H2,1-2H3,(H,68,71)/b18-16+,48-46+,56-54+. The molecule has 9 nitrogen and oxygen atoms in total. The van der Waals surface area contributed by atoms with Crippen LogP contribution >= 0.6 is 0 Å². The van der Waals surface area contributed by atoms with Gasteiger partial charge in [0.25, 0.3) is 0 Å². The van der Waals surface area contributed by atoms with Gasteiger partial charge in [-0.3, -0.25) is 4.79 Å². The third-order valence-corrected chi connectivity index (χ3v) is 15.9. The van der Waals surface area contributed by atoms with Gasteiger partial charge in [0.15, 0.2) is 6.29 Å². The van der Waals surface area contributed by atoms with E-state index >= 15 is 0 Å². The van der Waals surface area contributed by atoms with Crippen molar-refractivity contribution >= 4 is 5.91 Å². The van der Waals surface area contributed by atoms with Gasteiger partial charge in [-0.25, -0.2) is 0 Å². The Kier molecular flexibility index (Phi) is 54.0. The van der Waals surface area contributed by atoms with Crippen LogP contribution in [0.15, 0.2) is 36.5 Å². The second-order valence-electron chi connectivity index (χ2n) is 23.3. The Hall–Kier alpha value is -1.59. The highest BCUT2D eigenvalue weighted by molar-refractivity contribution is 5.76. The van der Waals surface area contributed by atoms with Gasteiger partial charge in [0, 0.05) is 6.42 Å². The summed E-state index contributed by atoms with van der Waals surface area (Å²) in [6, 6.07) is -0.826. The average molecular weight is 1070 g/mol. The van der Waals surface area contributed by atoms with E-state index in [0.717, 1.165) is 51.4 Å². The molecule has 0 aromatic heterocycles. The molecule has 7 atom stereocenters. The van der Waals surface area contributed by atoms with Crippen molar-refractivity contribution in [2.24, 2.45) is 0 Å². The molecule has 1 fully saturated rings. The van der Waals surface area contributed by atoms with Gasteiger partial charge in [0.1, 0.15) is 24.4 Å². The lowest BCUT2D eigenvalue weighted by atomic mass is 9.99. The van der Waals surface area contributed by atoms with Gasteiger partial charge in [-0.1, -0.05) is 314 Å². The maximum Gasteiger partial charge on any atom is 0.220 e. The predicted molar refractivity (Wildman–Crippen MR) is 323 cm³/mol. The maximum absolute atomic E-state index is 13.1. The van der Waals surface area contributed by atoms with Gasteiger partial charge in [-0.15, -0.1) is 0 Å². The molecule has 0 aromatic carbocycles. The zero-order valence-electron chi connectivity index (χ0n) is 50.0. The van der Waals surface area contributed by atoms with Gasteiger partial charge in [-0.05, 0) is 44.9 Å². The number of carbonyl (C=O) groups excluding carboxylic acids is 1. The van der Waals surface area contributed by atoms with Gasteiger partial charge < -0.3 is 40.3 Å². The highest BCUT2D eigenvalue weighted by Crippen LogP contribution is 2.23. The van der Waals surface area contributed by atoms with Crippen molar-refractivity contribution in [2.45, 2.75) is 371 Å². The molecule has 448 valence electrons. The molecule has 6 N–H and O–H groups in total. The fourth-order valence-corrected chi connectivity index (χ4v) is 10.7. The fourth-order valence-electron chi connectivity index (χ4n) is 10.7. The number of amides is 1. The van der Waals surface area contributed by atoms with E-state index in [1.54, 1.807) is 6.08 Å². The number of hydrogen-bond acceptors (Lipinski definition) is 8. The molecule has 0 saturated carbocycles. The number of nitrogens with one attached hydrogen (secondary N) is 1. The first-order valence-electron chi connectivity index (χ1n) is 33.2. The van der Waals surface area contributed by atoms with E-state index in [1.807, 2.05) is 6.08 Å². The van der Waals surface area contributed by atoms with Crippen LogP contribution in [-0.4, -0.2) is 87.5 Å². The summed E-state index contributed by atoms with van der Waals surface area (Å²) >= 11 is 0. The molecule has 0 aromatic rings. The van der Waals surface area contributed by atoms with Crippen LogP contribution in [-0.2, 0) is 14.3 Å². The number of carbonyl (C=O) groups is 1. The van der Waals surface area contributed by atoms with Crippen molar-refractivity contribution in [3.05, 3.63) is 36.5 Å². The smallest absolute Gasteiger partial charge is 0.220 e. The lowest BCUT2D eigenvalue weighted by Crippen LogP contribution is -2.60. The molecule has 7 unspecified atom stereocenters. The topological polar surface area (TPSA) is 149 Å². The Bertz CT molecular complexity index is 1290. The minimum Gasteiger partial charge on any atom is -0.394 e. The summed E-state index contributed by atoms with van der Waals surface area (Å²) in [7, 11) is 0. The quantitative estimate of drug-likeness (QED) is 0.0261. The van der Waals surface area contributed by atoms with E-state index in [-0.39, 0.29) is 12.5 Å². The number of aliphatic hydroxyl groups is 5. The first-order chi connectivity index (χ1) is 37.3. The number of ether oxygens (including phenoxy) is 2. The maximum atomic E-state index is 13.1. The van der Waals surface area contributed by atoms with Crippen LogP contribution in [0, 0.1) is 0 Å². The third-order valence-electron chi connectivity index (χ3n) is 15.9. The molecule has 0 radical (unpaired) electrons. The van der Waals surface area contributed by atoms with Crippen molar-refractivity contribution in [1.82, 2.24) is 5.32 Å². The van der Waals surface area contributed by atoms with Crippen LogP contribution in [0.25, 0.3) is 0 Å². The highest BCUT2D eigenvalue weighted by Gasteiger charge is 2.44. The molecule has 1 saturated heterocycles. The second kappa shape index (κ2) is 56.7. The molecule has 0 aliphatic carbocycles. The predicted octanol–water partition coefficient (Wildman–Crippen LogP) is 17.5. The molecular formula is C67H127NO8. The van der Waals surface area contributed by atoms with Gasteiger partial charge in [-0.2, -0.15) is 0 Å². The van der Waals surface area contributed by atoms with Crippen LogP contribution in [0.1, 0.15) is 328 Å². The normalized spacial score (nSPS) is 19.0. The summed E-state index contributed by atoms with van der Waals surface area (Å²) in [4.78, 5) is 13.1. The minimum atomic E-state index is -1.57. The van der Waals surface area contributed by atoms with Crippen LogP contribution in [0.2, 0.25) is 0 Å². The Morgan fingerprint density at radius 1 is 0.434 bits per heavy atom. The number of hydrogen-bond donors (Lipinski definition) is 6.